The molecule has 0 spiro atoms. The highest BCUT2D eigenvalue weighted by molar-refractivity contribution is 5.90. The van der Waals surface area contributed by atoms with Crippen LogP contribution in [0.3, 0.4) is 0 Å². The monoisotopic (exact) mass is 237 g/mol. The van der Waals surface area contributed by atoms with E-state index in [9.17, 15) is 9.90 Å². The standard InChI is InChI=1S/C12H15NO4/c14-8-3-1-4-9(7-8)17-11-10(12(15)16)5-2-6-13-11/h2,5-6,8-9,14H,1,3-4,7H2,(H,15,16). The van der Waals surface area contributed by atoms with Crippen LogP contribution in [0.25, 0.3) is 0 Å². The van der Waals surface area contributed by atoms with Crippen molar-refractivity contribution in [2.75, 3.05) is 0 Å². The third-order valence-corrected chi connectivity index (χ3v) is 2.88. The van der Waals surface area contributed by atoms with E-state index in [0.29, 0.717) is 6.42 Å². The topological polar surface area (TPSA) is 79.7 Å². The number of aromatic nitrogens is 1. The minimum absolute atomic E-state index is 0.0626. The molecule has 1 aliphatic carbocycles. The van der Waals surface area contributed by atoms with E-state index >= 15 is 0 Å². The third-order valence-electron chi connectivity index (χ3n) is 2.88. The van der Waals surface area contributed by atoms with Crippen LogP contribution in [0.2, 0.25) is 0 Å². The van der Waals surface area contributed by atoms with Crippen molar-refractivity contribution in [3.8, 4) is 5.88 Å². The van der Waals surface area contributed by atoms with Gasteiger partial charge < -0.3 is 14.9 Å². The van der Waals surface area contributed by atoms with Gasteiger partial charge in [0.1, 0.15) is 11.7 Å². The van der Waals surface area contributed by atoms with Crippen LogP contribution in [0.5, 0.6) is 5.88 Å². The molecule has 0 aromatic carbocycles. The number of carbonyl (C=O) groups is 1. The first-order valence-electron chi connectivity index (χ1n) is 5.70. The lowest BCUT2D eigenvalue weighted by atomic mass is 9.95. The lowest BCUT2D eigenvalue weighted by Crippen LogP contribution is -2.29. The lowest BCUT2D eigenvalue weighted by Gasteiger charge is -2.26. The van der Waals surface area contributed by atoms with Gasteiger partial charge in [-0.1, -0.05) is 0 Å². The zero-order valence-corrected chi connectivity index (χ0v) is 9.37. The summed E-state index contributed by atoms with van der Waals surface area (Å²) in [6.07, 6.45) is 4.04. The molecule has 1 fully saturated rings. The van der Waals surface area contributed by atoms with Crippen molar-refractivity contribution in [3.63, 3.8) is 0 Å². The highest BCUT2D eigenvalue weighted by Gasteiger charge is 2.23. The molecule has 5 heteroatoms. The summed E-state index contributed by atoms with van der Waals surface area (Å²) in [6, 6.07) is 3.02. The van der Waals surface area contributed by atoms with E-state index in [1.807, 2.05) is 0 Å². The molecule has 2 rings (SSSR count). The Balaban J connectivity index is 2.10. The molecular weight excluding hydrogens is 222 g/mol. The number of carboxylic acid groups (broad SMARTS) is 1. The number of aliphatic hydroxyl groups is 1. The molecule has 0 aliphatic heterocycles. The summed E-state index contributed by atoms with van der Waals surface area (Å²) >= 11 is 0. The fourth-order valence-corrected chi connectivity index (χ4v) is 2.03. The predicted molar refractivity (Wildman–Crippen MR) is 60.1 cm³/mol. The van der Waals surface area contributed by atoms with E-state index in [1.54, 1.807) is 6.07 Å². The van der Waals surface area contributed by atoms with Crippen LogP contribution in [0.15, 0.2) is 18.3 Å². The van der Waals surface area contributed by atoms with Gasteiger partial charge in [-0.05, 0) is 31.4 Å². The molecule has 1 aromatic rings. The number of pyridine rings is 1. The number of aromatic carboxylic acids is 1. The summed E-state index contributed by atoms with van der Waals surface area (Å²) in [5, 5.41) is 18.5. The Morgan fingerprint density at radius 2 is 2.29 bits per heavy atom. The Kier molecular flexibility index (Phi) is 3.58. The molecule has 0 bridgehead atoms. The van der Waals surface area contributed by atoms with E-state index in [2.05, 4.69) is 4.98 Å². The average molecular weight is 237 g/mol. The van der Waals surface area contributed by atoms with Gasteiger partial charge in [-0.25, -0.2) is 9.78 Å². The maximum atomic E-state index is 11.0. The predicted octanol–water partition coefficient (Wildman–Crippen LogP) is 1.46. The number of aliphatic hydroxyl groups excluding tert-OH is 1. The fourth-order valence-electron chi connectivity index (χ4n) is 2.03. The summed E-state index contributed by atoms with van der Waals surface area (Å²) < 4.78 is 5.57. The molecule has 0 radical (unpaired) electrons. The van der Waals surface area contributed by atoms with Crippen LogP contribution in [0, 0.1) is 0 Å². The maximum Gasteiger partial charge on any atom is 0.341 e. The van der Waals surface area contributed by atoms with Crippen molar-refractivity contribution >= 4 is 5.97 Å². The lowest BCUT2D eigenvalue weighted by molar-refractivity contribution is 0.0494. The van der Waals surface area contributed by atoms with Crippen molar-refractivity contribution in [1.29, 1.82) is 0 Å². The number of ether oxygens (including phenoxy) is 1. The van der Waals surface area contributed by atoms with Gasteiger partial charge in [-0.3, -0.25) is 0 Å². The second kappa shape index (κ2) is 5.14. The summed E-state index contributed by atoms with van der Waals surface area (Å²) in [5.74, 6) is -0.913. The van der Waals surface area contributed by atoms with Crippen LogP contribution < -0.4 is 4.74 Å². The molecule has 92 valence electrons. The Labute approximate surface area is 99.1 Å². The number of rotatable bonds is 3. The van der Waals surface area contributed by atoms with Gasteiger partial charge in [0.25, 0.3) is 0 Å². The Morgan fingerprint density at radius 1 is 1.47 bits per heavy atom. The van der Waals surface area contributed by atoms with E-state index < -0.39 is 5.97 Å². The van der Waals surface area contributed by atoms with E-state index in [1.165, 1.54) is 12.3 Å². The van der Waals surface area contributed by atoms with E-state index in [0.717, 1.165) is 19.3 Å². The second-order valence-corrected chi connectivity index (χ2v) is 4.22. The highest BCUT2D eigenvalue weighted by Crippen LogP contribution is 2.24. The Morgan fingerprint density at radius 3 is 3.00 bits per heavy atom. The van der Waals surface area contributed by atoms with Crippen LogP contribution in [-0.2, 0) is 0 Å². The Bertz CT molecular complexity index is 407. The van der Waals surface area contributed by atoms with Crippen LogP contribution in [0.4, 0.5) is 0 Å². The first-order chi connectivity index (χ1) is 8.16. The van der Waals surface area contributed by atoms with E-state index in [4.69, 9.17) is 9.84 Å². The second-order valence-electron chi connectivity index (χ2n) is 4.22. The van der Waals surface area contributed by atoms with Crippen LogP contribution in [-0.4, -0.2) is 33.4 Å². The Hall–Kier alpha value is -1.62. The summed E-state index contributed by atoms with van der Waals surface area (Å²) in [6.45, 7) is 0. The molecule has 2 unspecified atom stereocenters. The zero-order valence-electron chi connectivity index (χ0n) is 9.37. The summed E-state index contributed by atoms with van der Waals surface area (Å²) in [4.78, 5) is 14.9. The molecule has 1 saturated carbocycles. The van der Waals surface area contributed by atoms with E-state index in [-0.39, 0.29) is 23.7 Å². The van der Waals surface area contributed by atoms with Crippen molar-refractivity contribution in [2.45, 2.75) is 37.9 Å². The summed E-state index contributed by atoms with van der Waals surface area (Å²) in [5.41, 5.74) is 0.0626. The van der Waals surface area contributed by atoms with Gasteiger partial charge in [0.05, 0.1) is 6.10 Å². The van der Waals surface area contributed by atoms with Crippen LogP contribution in [0.1, 0.15) is 36.0 Å². The SMILES string of the molecule is O=C(O)c1cccnc1OC1CCCC(O)C1. The average Bonchev–Trinajstić information content (AvgIpc) is 2.29. The van der Waals surface area contributed by atoms with Gasteiger partial charge in [0, 0.05) is 12.6 Å². The minimum atomic E-state index is -1.05. The first-order valence-corrected chi connectivity index (χ1v) is 5.70. The molecule has 2 N–H and O–H groups in total. The molecule has 1 aromatic heterocycles. The molecule has 0 saturated heterocycles. The smallest absolute Gasteiger partial charge is 0.341 e. The highest BCUT2D eigenvalue weighted by atomic mass is 16.5. The molecule has 1 heterocycles. The first kappa shape index (κ1) is 11.9. The van der Waals surface area contributed by atoms with Crippen molar-refractivity contribution < 1.29 is 19.7 Å². The van der Waals surface area contributed by atoms with Gasteiger partial charge in [-0.15, -0.1) is 0 Å². The quantitative estimate of drug-likeness (QED) is 0.832. The minimum Gasteiger partial charge on any atom is -0.477 e. The molecule has 1 aliphatic rings. The van der Waals surface area contributed by atoms with Gasteiger partial charge >= 0.3 is 5.97 Å². The zero-order chi connectivity index (χ0) is 12.3. The number of hydrogen-bond acceptors (Lipinski definition) is 4. The molecular formula is C12H15NO4. The molecule has 0 amide bonds. The fraction of sp³-hybridized carbons (Fsp3) is 0.500. The van der Waals surface area contributed by atoms with Gasteiger partial charge in [-0.2, -0.15) is 0 Å². The maximum absolute atomic E-state index is 11.0. The number of carboxylic acids is 1. The third kappa shape index (κ3) is 2.94. The van der Waals surface area contributed by atoms with Gasteiger partial charge in [0.2, 0.25) is 5.88 Å². The largest absolute Gasteiger partial charge is 0.477 e. The molecule has 17 heavy (non-hydrogen) atoms. The van der Waals surface area contributed by atoms with Crippen molar-refractivity contribution in [3.05, 3.63) is 23.9 Å². The number of hydrogen-bond donors (Lipinski definition) is 2. The van der Waals surface area contributed by atoms with Crippen molar-refractivity contribution in [1.82, 2.24) is 4.98 Å². The molecule has 2 atom stereocenters. The molecule has 5 nitrogen and oxygen atoms in total. The summed E-state index contributed by atoms with van der Waals surface area (Å²) in [7, 11) is 0. The van der Waals surface area contributed by atoms with Crippen molar-refractivity contribution in [2.24, 2.45) is 0 Å². The van der Waals surface area contributed by atoms with Crippen LogP contribution >= 0.6 is 0 Å². The number of nitrogens with zero attached hydrogens (tertiary/aromatic N) is 1. The van der Waals surface area contributed by atoms with Gasteiger partial charge in [0.15, 0.2) is 0 Å². The normalized spacial score (nSPS) is 24.3.